The minimum Gasteiger partial charge on any atom is -0.598 e. The zero-order valence-electron chi connectivity index (χ0n) is 15.4. The lowest BCUT2D eigenvalue weighted by Gasteiger charge is -2.35. The lowest BCUT2D eigenvalue weighted by atomic mass is 9.87. The highest BCUT2D eigenvalue weighted by Gasteiger charge is 2.40. The van der Waals surface area contributed by atoms with Gasteiger partial charge in [-0.1, -0.05) is 15.9 Å². The van der Waals surface area contributed by atoms with Crippen LogP contribution in [-0.4, -0.2) is 30.3 Å². The van der Waals surface area contributed by atoms with Crippen LogP contribution in [0, 0.1) is 5.82 Å². The number of carbonyl (C=O) groups is 1. The zero-order chi connectivity index (χ0) is 20.4. The van der Waals surface area contributed by atoms with Gasteiger partial charge in [-0.25, -0.2) is 19.2 Å². The van der Waals surface area contributed by atoms with Gasteiger partial charge in [0.1, 0.15) is 16.9 Å². The lowest BCUT2D eigenvalue weighted by molar-refractivity contribution is 0.0694. The second-order valence-corrected chi connectivity index (χ2v) is 10.2. The smallest absolute Gasteiger partial charge is 0.339 e. The molecule has 146 valence electrons. The van der Waals surface area contributed by atoms with Crippen LogP contribution in [0.15, 0.2) is 35.2 Å². The van der Waals surface area contributed by atoms with Gasteiger partial charge in [-0.3, -0.25) is 0 Å². The Labute approximate surface area is 169 Å². The molecule has 0 aliphatic rings. The van der Waals surface area contributed by atoms with Crippen molar-refractivity contribution in [2.75, 3.05) is 0 Å². The van der Waals surface area contributed by atoms with Gasteiger partial charge in [0.25, 0.3) is 0 Å². The summed E-state index contributed by atoms with van der Waals surface area (Å²) in [5, 5.41) is 9.40. The number of hydrogen-bond donors (Lipinski definition) is 2. The van der Waals surface area contributed by atoms with E-state index in [1.807, 2.05) is 0 Å². The summed E-state index contributed by atoms with van der Waals surface area (Å²) in [5.74, 6) is -1.68. The molecule has 0 spiro atoms. The third-order valence-electron chi connectivity index (χ3n) is 3.94. The molecule has 0 saturated heterocycles. The van der Waals surface area contributed by atoms with E-state index in [2.05, 4.69) is 30.6 Å². The van der Waals surface area contributed by atoms with Crippen LogP contribution in [0.1, 0.15) is 49.3 Å². The van der Waals surface area contributed by atoms with Crippen LogP contribution in [0.2, 0.25) is 0 Å². The first-order chi connectivity index (χ1) is 12.4. The highest BCUT2D eigenvalue weighted by Crippen LogP contribution is 2.32. The maximum atomic E-state index is 14.7. The second-order valence-electron chi connectivity index (χ2n) is 7.30. The lowest BCUT2D eigenvalue weighted by Crippen LogP contribution is -2.51. The fourth-order valence-corrected chi connectivity index (χ4v) is 3.73. The Morgan fingerprint density at radius 1 is 1.37 bits per heavy atom. The molecule has 0 aliphatic carbocycles. The number of rotatable bonds is 6. The van der Waals surface area contributed by atoms with E-state index >= 15 is 0 Å². The Balaban J connectivity index is 2.57. The fraction of sp³-hybridized carbons (Fsp3) is 0.389. The summed E-state index contributed by atoms with van der Waals surface area (Å²) in [6.07, 6.45) is 2.44. The average Bonchev–Trinajstić information content (AvgIpc) is 2.56. The molecule has 1 aromatic carbocycles. The van der Waals surface area contributed by atoms with Crippen LogP contribution in [0.3, 0.4) is 0 Å². The predicted octanol–water partition coefficient (Wildman–Crippen LogP) is 3.59. The highest BCUT2D eigenvalue weighted by molar-refractivity contribution is 9.10. The van der Waals surface area contributed by atoms with Crippen molar-refractivity contribution in [1.29, 1.82) is 0 Å². The SMILES string of the molecule is CC(C)(C)[S@@+]([O-])N[C@@](C)(Cc1ncncc1C(=O)O)c1cc(Br)ccc1F. The molecule has 2 N–H and O–H groups in total. The van der Waals surface area contributed by atoms with E-state index in [4.69, 9.17) is 0 Å². The van der Waals surface area contributed by atoms with Crippen molar-refractivity contribution in [2.45, 2.75) is 44.4 Å². The Morgan fingerprint density at radius 2 is 2.04 bits per heavy atom. The average molecular weight is 458 g/mol. The van der Waals surface area contributed by atoms with Gasteiger partial charge >= 0.3 is 5.97 Å². The van der Waals surface area contributed by atoms with Gasteiger partial charge in [0.05, 0.1) is 16.8 Å². The maximum absolute atomic E-state index is 14.7. The topological polar surface area (TPSA) is 98.2 Å². The van der Waals surface area contributed by atoms with Crippen molar-refractivity contribution in [3.05, 3.63) is 57.8 Å². The van der Waals surface area contributed by atoms with E-state index in [1.165, 1.54) is 18.6 Å². The van der Waals surface area contributed by atoms with Crippen molar-refractivity contribution < 1.29 is 18.8 Å². The third-order valence-corrected chi connectivity index (χ3v) is 6.18. The first-order valence-electron chi connectivity index (χ1n) is 8.11. The molecular weight excluding hydrogens is 437 g/mol. The second kappa shape index (κ2) is 8.22. The number of nitrogens with one attached hydrogen (secondary N) is 1. The molecule has 0 radical (unpaired) electrons. The molecule has 6 nitrogen and oxygen atoms in total. The highest BCUT2D eigenvalue weighted by atomic mass is 79.9. The minimum atomic E-state index is -1.54. The van der Waals surface area contributed by atoms with E-state index in [1.54, 1.807) is 39.8 Å². The van der Waals surface area contributed by atoms with Crippen molar-refractivity contribution in [3.63, 3.8) is 0 Å². The van der Waals surface area contributed by atoms with E-state index in [0.29, 0.717) is 4.47 Å². The van der Waals surface area contributed by atoms with Crippen LogP contribution < -0.4 is 4.72 Å². The van der Waals surface area contributed by atoms with Crippen LogP contribution in [0.5, 0.6) is 0 Å². The largest absolute Gasteiger partial charge is 0.598 e. The number of hydrogen-bond acceptors (Lipinski definition) is 5. The fourth-order valence-electron chi connectivity index (χ4n) is 2.47. The van der Waals surface area contributed by atoms with Gasteiger partial charge in [-0.2, -0.15) is 0 Å². The van der Waals surface area contributed by atoms with Crippen molar-refractivity contribution >= 4 is 33.3 Å². The first-order valence-corrected chi connectivity index (χ1v) is 10.1. The minimum absolute atomic E-state index is 0.00630. The Kier molecular flexibility index (Phi) is 6.62. The molecule has 0 amide bonds. The zero-order valence-corrected chi connectivity index (χ0v) is 17.8. The molecular formula is C18H21BrFN3O3S. The Hall–Kier alpha value is -1.55. The van der Waals surface area contributed by atoms with Crippen molar-refractivity contribution in [2.24, 2.45) is 0 Å². The Morgan fingerprint density at radius 3 is 2.63 bits per heavy atom. The van der Waals surface area contributed by atoms with Gasteiger partial charge in [0.2, 0.25) is 0 Å². The number of aromatic nitrogens is 2. The van der Waals surface area contributed by atoms with E-state index in [-0.39, 0.29) is 23.2 Å². The van der Waals surface area contributed by atoms with Crippen molar-refractivity contribution in [1.82, 2.24) is 14.7 Å². The summed E-state index contributed by atoms with van der Waals surface area (Å²) in [5.41, 5.74) is -0.783. The van der Waals surface area contributed by atoms with Gasteiger partial charge in [-0.15, -0.1) is 4.72 Å². The number of carboxylic acids is 1. The number of halogens is 2. The third kappa shape index (κ3) is 5.25. The number of nitrogens with zero attached hydrogens (tertiary/aromatic N) is 2. The summed E-state index contributed by atoms with van der Waals surface area (Å²) in [6, 6.07) is 4.45. The van der Waals surface area contributed by atoms with Crippen LogP contribution in [0.25, 0.3) is 0 Å². The van der Waals surface area contributed by atoms with Crippen molar-refractivity contribution in [3.8, 4) is 0 Å². The molecule has 2 aromatic rings. The Bertz CT molecular complexity index is 847. The maximum Gasteiger partial charge on any atom is 0.339 e. The summed E-state index contributed by atoms with van der Waals surface area (Å²) in [6.45, 7) is 7.05. The van der Waals surface area contributed by atoms with Crippen LogP contribution in [-0.2, 0) is 23.3 Å². The molecule has 0 fully saturated rings. The van der Waals surface area contributed by atoms with Gasteiger partial charge in [-0.05, 0) is 45.9 Å². The monoisotopic (exact) mass is 457 g/mol. The van der Waals surface area contributed by atoms with Gasteiger partial charge in [0.15, 0.2) is 0 Å². The molecule has 1 heterocycles. The van der Waals surface area contributed by atoms with Crippen LogP contribution in [0.4, 0.5) is 4.39 Å². The predicted molar refractivity (Wildman–Crippen MR) is 105 cm³/mol. The van der Waals surface area contributed by atoms with E-state index in [0.717, 1.165) is 0 Å². The summed E-state index contributed by atoms with van der Waals surface area (Å²) in [4.78, 5) is 19.3. The molecule has 0 saturated carbocycles. The first kappa shape index (κ1) is 21.7. The van der Waals surface area contributed by atoms with E-state index < -0.39 is 33.4 Å². The molecule has 9 heteroatoms. The number of benzene rings is 1. The normalized spacial score (nSPS) is 15.2. The van der Waals surface area contributed by atoms with Gasteiger partial charge in [0, 0.05) is 34.0 Å². The van der Waals surface area contributed by atoms with Crippen LogP contribution >= 0.6 is 15.9 Å². The molecule has 2 rings (SSSR count). The molecule has 2 atom stereocenters. The number of aromatic carboxylic acids is 1. The number of carboxylic acid groups (broad SMARTS) is 1. The summed E-state index contributed by atoms with van der Waals surface area (Å²) < 4.78 is 30.5. The van der Waals surface area contributed by atoms with Gasteiger partial charge < -0.3 is 9.66 Å². The van der Waals surface area contributed by atoms with E-state index in [9.17, 15) is 18.8 Å². The molecule has 0 bridgehead atoms. The summed E-state index contributed by atoms with van der Waals surface area (Å²) in [7, 11) is 0. The summed E-state index contributed by atoms with van der Waals surface area (Å²) >= 11 is 1.79. The molecule has 27 heavy (non-hydrogen) atoms. The molecule has 1 aromatic heterocycles. The quantitative estimate of drug-likeness (QED) is 0.643. The molecule has 0 aliphatic heterocycles. The standard InChI is InChI=1S/C18H21BrFN3O3S/c1-17(2,3)27(26)23-18(4,13-7-11(19)5-6-14(13)20)8-15-12(16(24)25)9-21-10-22-15/h5-7,9-10,23H,8H2,1-4H3,(H,24,25)/t18-,27+/m0/s1. The molecule has 0 unspecified atom stereocenters.